The van der Waals surface area contributed by atoms with E-state index in [-0.39, 0.29) is 0 Å². The van der Waals surface area contributed by atoms with Gasteiger partial charge < -0.3 is 0 Å². The van der Waals surface area contributed by atoms with Crippen LogP contribution in [0.3, 0.4) is 0 Å². The molecule has 0 unspecified atom stereocenters. The molecule has 73 valence electrons. The van der Waals surface area contributed by atoms with Crippen LogP contribution in [0.2, 0.25) is 0 Å². The molecule has 0 amide bonds. The number of benzene rings is 1. The van der Waals surface area contributed by atoms with Crippen LogP contribution in [-0.4, -0.2) is 0 Å². The van der Waals surface area contributed by atoms with E-state index in [1.807, 2.05) is 0 Å². The highest BCUT2D eigenvalue weighted by molar-refractivity contribution is 5.22. The largest absolute Gasteiger partial charge is 0.0891 e. The van der Waals surface area contributed by atoms with Crippen LogP contribution in [0.4, 0.5) is 0 Å². The van der Waals surface area contributed by atoms with Crippen LogP contribution in [0.25, 0.3) is 0 Å². The van der Waals surface area contributed by atoms with Crippen molar-refractivity contribution in [1.82, 2.24) is 0 Å². The molecular weight excluding hydrogens is 168 g/mol. The minimum absolute atomic E-state index is 0.775. The van der Waals surface area contributed by atoms with Crippen LogP contribution in [0.15, 0.2) is 24.3 Å². The summed E-state index contributed by atoms with van der Waals surface area (Å²) in [5, 5.41) is 0. The monoisotopic (exact) mass is 185 g/mol. The van der Waals surface area contributed by atoms with Crippen LogP contribution in [-0.2, 0) is 12.8 Å². The van der Waals surface area contributed by atoms with Crippen molar-refractivity contribution in [3.63, 3.8) is 0 Å². The van der Waals surface area contributed by atoms with Crippen LogP contribution in [0, 0.1) is 12.3 Å². The van der Waals surface area contributed by atoms with Crippen molar-refractivity contribution >= 4 is 0 Å². The van der Waals surface area contributed by atoms with Gasteiger partial charge in [0.25, 0.3) is 0 Å². The third kappa shape index (κ3) is 3.66. The Kier molecular flexibility index (Phi) is 4.86. The van der Waals surface area contributed by atoms with Crippen LogP contribution in [0.5, 0.6) is 0 Å². The zero-order chi connectivity index (χ0) is 10.2. The van der Waals surface area contributed by atoms with Crippen molar-refractivity contribution < 1.29 is 0 Å². The van der Waals surface area contributed by atoms with Crippen molar-refractivity contribution in [1.29, 1.82) is 0 Å². The molecule has 1 aromatic carbocycles. The summed E-state index contributed by atoms with van der Waals surface area (Å²) in [5.41, 5.74) is 2.80. The average molecular weight is 185 g/mol. The van der Waals surface area contributed by atoms with Crippen molar-refractivity contribution in [2.45, 2.75) is 39.0 Å². The summed E-state index contributed by atoms with van der Waals surface area (Å²) < 4.78 is 0. The summed E-state index contributed by atoms with van der Waals surface area (Å²) in [7, 11) is 0. The Labute approximate surface area is 87.4 Å². The minimum Gasteiger partial charge on any atom is -0.0891 e. The number of aryl methyl sites for hydroxylation is 2. The number of hydrogen-bond donors (Lipinski definition) is 0. The molecule has 1 rings (SSSR count). The molecule has 14 heavy (non-hydrogen) atoms. The van der Waals surface area contributed by atoms with Gasteiger partial charge in [-0.3, -0.25) is 0 Å². The number of hydrogen-bond acceptors (Lipinski definition) is 0. The number of unbranched alkanes of at least 4 members (excludes halogenated alkanes) is 1. The minimum atomic E-state index is 0.775. The molecule has 0 spiro atoms. The molecule has 0 saturated heterocycles. The molecule has 0 aliphatic carbocycles. The first-order chi connectivity index (χ1) is 6.86. The summed E-state index contributed by atoms with van der Waals surface area (Å²) in [6, 6.07) is 8.84. The topological polar surface area (TPSA) is 0 Å². The average Bonchev–Trinajstić information content (AvgIpc) is 2.21. The second kappa shape index (κ2) is 6.27. The molecule has 0 aromatic heterocycles. The van der Waals surface area contributed by atoms with Gasteiger partial charge in [-0.25, -0.2) is 0 Å². The Morgan fingerprint density at radius 1 is 1.07 bits per heavy atom. The Morgan fingerprint density at radius 3 is 2.14 bits per heavy atom. The Balaban J connectivity index is 2.43. The van der Waals surface area contributed by atoms with E-state index in [1.165, 1.54) is 24.0 Å². The van der Waals surface area contributed by atoms with E-state index < -0.39 is 0 Å². The fourth-order valence-electron chi connectivity index (χ4n) is 1.54. The lowest BCUT2D eigenvalue weighted by Gasteiger charge is -2.01. The van der Waals surface area contributed by atoms with E-state index in [4.69, 9.17) is 6.42 Å². The molecular formula is C14H17. The van der Waals surface area contributed by atoms with Crippen LogP contribution < -0.4 is 0 Å². The zero-order valence-corrected chi connectivity index (χ0v) is 8.84. The normalized spacial score (nSPS) is 9.71. The molecule has 0 nitrogen and oxygen atoms in total. The molecule has 1 aromatic rings. The summed E-state index contributed by atoms with van der Waals surface area (Å²) >= 11 is 0. The maximum Gasteiger partial charge on any atom is 0.0102 e. The first-order valence-electron chi connectivity index (χ1n) is 5.34. The van der Waals surface area contributed by atoms with E-state index >= 15 is 0 Å². The lowest BCUT2D eigenvalue weighted by molar-refractivity contribution is 0.854. The second-order valence-corrected chi connectivity index (χ2v) is 3.60. The maximum atomic E-state index is 6.81. The first-order valence-corrected chi connectivity index (χ1v) is 5.34. The van der Waals surface area contributed by atoms with Gasteiger partial charge in [-0.05, 0) is 36.8 Å². The summed E-state index contributed by atoms with van der Waals surface area (Å²) in [6.45, 7) is 2.20. The van der Waals surface area contributed by atoms with Gasteiger partial charge in [-0.1, -0.05) is 43.5 Å². The molecule has 0 heteroatoms. The lowest BCUT2D eigenvalue weighted by atomic mass is 10.0. The molecule has 0 atom stereocenters. The highest BCUT2D eigenvalue weighted by Gasteiger charge is 1.93. The highest BCUT2D eigenvalue weighted by Crippen LogP contribution is 2.09. The van der Waals surface area contributed by atoms with Gasteiger partial charge in [0.1, 0.15) is 0 Å². The van der Waals surface area contributed by atoms with Gasteiger partial charge in [0.05, 0.1) is 0 Å². The lowest BCUT2D eigenvalue weighted by Crippen LogP contribution is -1.87. The predicted molar refractivity (Wildman–Crippen MR) is 60.5 cm³/mol. The van der Waals surface area contributed by atoms with E-state index in [0.29, 0.717) is 0 Å². The molecule has 0 N–H and O–H groups in total. The maximum absolute atomic E-state index is 6.81. The van der Waals surface area contributed by atoms with Crippen molar-refractivity contribution in [3.8, 4) is 5.92 Å². The third-order valence-electron chi connectivity index (χ3n) is 2.33. The van der Waals surface area contributed by atoms with Gasteiger partial charge >= 0.3 is 0 Å². The first kappa shape index (κ1) is 10.9. The van der Waals surface area contributed by atoms with Crippen LogP contribution >= 0.6 is 0 Å². The SMILES string of the molecule is [C]#CCCCc1ccc(CCC)cc1. The van der Waals surface area contributed by atoms with E-state index in [2.05, 4.69) is 37.1 Å². The van der Waals surface area contributed by atoms with Gasteiger partial charge in [-0.15, -0.1) is 0 Å². The second-order valence-electron chi connectivity index (χ2n) is 3.60. The Morgan fingerprint density at radius 2 is 1.64 bits per heavy atom. The molecule has 0 aliphatic heterocycles. The number of rotatable bonds is 5. The van der Waals surface area contributed by atoms with E-state index in [0.717, 1.165) is 19.3 Å². The molecule has 0 bridgehead atoms. The molecule has 0 heterocycles. The van der Waals surface area contributed by atoms with E-state index in [1.54, 1.807) is 0 Å². The smallest absolute Gasteiger partial charge is 0.0102 e. The zero-order valence-electron chi connectivity index (χ0n) is 8.84. The fraction of sp³-hybridized carbons (Fsp3) is 0.429. The standard InChI is InChI=1S/C14H17/c1-3-5-6-8-14-11-9-13(7-4-2)10-12-14/h9-12H,4-8H2,2H3. The molecule has 0 aliphatic rings. The van der Waals surface area contributed by atoms with Gasteiger partial charge in [-0.2, -0.15) is 0 Å². The summed E-state index contributed by atoms with van der Waals surface area (Å²) in [5.74, 6) is 2.42. The van der Waals surface area contributed by atoms with Crippen molar-refractivity contribution in [3.05, 3.63) is 41.8 Å². The van der Waals surface area contributed by atoms with Crippen molar-refractivity contribution in [2.75, 3.05) is 0 Å². The quantitative estimate of drug-likeness (QED) is 0.486. The van der Waals surface area contributed by atoms with E-state index in [9.17, 15) is 0 Å². The fourth-order valence-corrected chi connectivity index (χ4v) is 1.54. The molecule has 1 radical (unpaired) electrons. The highest BCUT2D eigenvalue weighted by atomic mass is 14.0. The van der Waals surface area contributed by atoms with Gasteiger partial charge in [0.15, 0.2) is 0 Å². The van der Waals surface area contributed by atoms with Gasteiger partial charge in [0, 0.05) is 6.42 Å². The third-order valence-corrected chi connectivity index (χ3v) is 2.33. The Bertz CT molecular complexity index is 287. The van der Waals surface area contributed by atoms with Gasteiger partial charge in [0.2, 0.25) is 0 Å². The van der Waals surface area contributed by atoms with Crippen molar-refractivity contribution in [2.24, 2.45) is 0 Å². The summed E-state index contributed by atoms with van der Waals surface area (Å²) in [6.07, 6.45) is 12.1. The summed E-state index contributed by atoms with van der Waals surface area (Å²) in [4.78, 5) is 0. The molecule has 0 fully saturated rings. The molecule has 0 saturated carbocycles. The predicted octanol–water partition coefficient (Wildman–Crippen LogP) is 3.55. The Hall–Kier alpha value is -1.22. The van der Waals surface area contributed by atoms with Crippen LogP contribution in [0.1, 0.15) is 37.3 Å².